The summed E-state index contributed by atoms with van der Waals surface area (Å²) in [5.74, 6) is -0.227. The van der Waals surface area contributed by atoms with Gasteiger partial charge in [0, 0.05) is 36.0 Å². The van der Waals surface area contributed by atoms with Crippen LogP contribution >= 0.6 is 15.9 Å². The SMILES string of the molecule is Fc1ccc(NC2CCOC3(CCOCC3)C2)c(Br)c1. The van der Waals surface area contributed by atoms with Crippen molar-refractivity contribution in [2.45, 2.75) is 37.3 Å². The molecule has 5 heteroatoms. The van der Waals surface area contributed by atoms with Crippen molar-refractivity contribution in [2.24, 2.45) is 0 Å². The van der Waals surface area contributed by atoms with Crippen LogP contribution in [0.5, 0.6) is 0 Å². The van der Waals surface area contributed by atoms with Crippen LogP contribution in [0.1, 0.15) is 25.7 Å². The van der Waals surface area contributed by atoms with Gasteiger partial charge in [-0.2, -0.15) is 0 Å². The molecule has 2 fully saturated rings. The number of hydrogen-bond donors (Lipinski definition) is 1. The van der Waals surface area contributed by atoms with Gasteiger partial charge in [0.1, 0.15) is 5.82 Å². The van der Waals surface area contributed by atoms with Gasteiger partial charge in [-0.15, -0.1) is 0 Å². The molecule has 3 rings (SSSR count). The van der Waals surface area contributed by atoms with Gasteiger partial charge in [0.15, 0.2) is 0 Å². The van der Waals surface area contributed by atoms with E-state index in [0.29, 0.717) is 6.04 Å². The van der Waals surface area contributed by atoms with Crippen molar-refractivity contribution in [3.63, 3.8) is 0 Å². The number of anilines is 1. The van der Waals surface area contributed by atoms with Gasteiger partial charge in [-0.25, -0.2) is 4.39 Å². The Morgan fingerprint density at radius 2 is 2.05 bits per heavy atom. The van der Waals surface area contributed by atoms with Crippen molar-refractivity contribution < 1.29 is 13.9 Å². The molecule has 110 valence electrons. The quantitative estimate of drug-likeness (QED) is 0.887. The zero-order chi connectivity index (χ0) is 14.0. The molecule has 0 aliphatic carbocycles. The van der Waals surface area contributed by atoms with Crippen molar-refractivity contribution in [1.82, 2.24) is 0 Å². The van der Waals surface area contributed by atoms with E-state index < -0.39 is 0 Å². The summed E-state index contributed by atoms with van der Waals surface area (Å²) in [6.45, 7) is 2.34. The highest BCUT2D eigenvalue weighted by Crippen LogP contribution is 2.36. The fourth-order valence-electron chi connectivity index (χ4n) is 3.07. The summed E-state index contributed by atoms with van der Waals surface area (Å²) < 4.78 is 25.4. The van der Waals surface area contributed by atoms with Gasteiger partial charge in [-0.3, -0.25) is 0 Å². The number of rotatable bonds is 2. The van der Waals surface area contributed by atoms with Crippen molar-refractivity contribution >= 4 is 21.6 Å². The molecule has 1 aromatic carbocycles. The van der Waals surface area contributed by atoms with Crippen LogP contribution in [0.2, 0.25) is 0 Å². The third-order valence-corrected chi connectivity index (χ3v) is 4.84. The summed E-state index contributed by atoms with van der Waals surface area (Å²) in [6, 6.07) is 5.12. The first-order valence-electron chi connectivity index (χ1n) is 7.10. The van der Waals surface area contributed by atoms with E-state index in [9.17, 15) is 4.39 Å². The first kappa shape index (κ1) is 14.3. The molecule has 1 unspecified atom stereocenters. The van der Waals surface area contributed by atoms with Crippen LogP contribution in [0.15, 0.2) is 22.7 Å². The normalized spacial score (nSPS) is 25.6. The van der Waals surface area contributed by atoms with E-state index in [1.165, 1.54) is 12.1 Å². The lowest BCUT2D eigenvalue weighted by Crippen LogP contribution is -2.47. The van der Waals surface area contributed by atoms with Gasteiger partial charge in [0.2, 0.25) is 0 Å². The fraction of sp³-hybridized carbons (Fsp3) is 0.600. The second-order valence-electron chi connectivity index (χ2n) is 5.60. The largest absolute Gasteiger partial charge is 0.381 e. The highest BCUT2D eigenvalue weighted by molar-refractivity contribution is 9.10. The molecule has 20 heavy (non-hydrogen) atoms. The van der Waals surface area contributed by atoms with E-state index in [0.717, 1.165) is 55.7 Å². The van der Waals surface area contributed by atoms with E-state index in [1.54, 1.807) is 6.07 Å². The number of ether oxygens (including phenoxy) is 2. The molecule has 0 radical (unpaired) electrons. The molecule has 0 amide bonds. The molecule has 3 nitrogen and oxygen atoms in total. The lowest BCUT2D eigenvalue weighted by atomic mass is 9.84. The molecule has 1 aromatic rings. The van der Waals surface area contributed by atoms with Crippen LogP contribution in [-0.2, 0) is 9.47 Å². The molecule has 2 aliphatic heterocycles. The Kier molecular flexibility index (Phi) is 4.29. The Hall–Kier alpha value is -0.650. The first-order chi connectivity index (χ1) is 9.67. The summed E-state index contributed by atoms with van der Waals surface area (Å²) >= 11 is 3.41. The van der Waals surface area contributed by atoms with Gasteiger partial charge in [0.05, 0.1) is 5.60 Å². The average molecular weight is 344 g/mol. The highest BCUT2D eigenvalue weighted by Gasteiger charge is 2.39. The van der Waals surface area contributed by atoms with Crippen molar-refractivity contribution in [2.75, 3.05) is 25.1 Å². The fourth-order valence-corrected chi connectivity index (χ4v) is 3.53. The standard InChI is InChI=1S/C15H19BrFNO2/c16-13-9-11(17)1-2-14(13)18-12-3-6-20-15(10-12)4-7-19-8-5-15/h1-2,9,12,18H,3-8,10H2. The zero-order valence-corrected chi connectivity index (χ0v) is 12.9. The van der Waals surface area contributed by atoms with Crippen LogP contribution in [0.4, 0.5) is 10.1 Å². The lowest BCUT2D eigenvalue weighted by Gasteiger charge is -2.43. The number of benzene rings is 1. The molecule has 1 spiro atoms. The average Bonchev–Trinajstić information content (AvgIpc) is 2.43. The second-order valence-corrected chi connectivity index (χ2v) is 6.46. The van der Waals surface area contributed by atoms with Gasteiger partial charge in [-0.1, -0.05) is 0 Å². The van der Waals surface area contributed by atoms with Crippen molar-refractivity contribution in [1.29, 1.82) is 0 Å². The first-order valence-corrected chi connectivity index (χ1v) is 7.89. The Labute approximate surface area is 127 Å². The smallest absolute Gasteiger partial charge is 0.124 e. The summed E-state index contributed by atoms with van der Waals surface area (Å²) in [7, 11) is 0. The molecule has 0 aromatic heterocycles. The number of nitrogens with one attached hydrogen (secondary N) is 1. The van der Waals surface area contributed by atoms with E-state index >= 15 is 0 Å². The second kappa shape index (κ2) is 6.00. The van der Waals surface area contributed by atoms with Crippen LogP contribution in [0.25, 0.3) is 0 Å². The molecule has 0 bridgehead atoms. The molecule has 0 saturated carbocycles. The Morgan fingerprint density at radius 1 is 1.25 bits per heavy atom. The minimum Gasteiger partial charge on any atom is -0.381 e. The molecule has 2 saturated heterocycles. The summed E-state index contributed by atoms with van der Waals surface area (Å²) in [5.41, 5.74) is 0.918. The molecular weight excluding hydrogens is 325 g/mol. The molecule has 1 atom stereocenters. The molecule has 2 heterocycles. The van der Waals surface area contributed by atoms with Gasteiger partial charge >= 0.3 is 0 Å². The monoisotopic (exact) mass is 343 g/mol. The number of halogens is 2. The molecular formula is C15H19BrFNO2. The van der Waals surface area contributed by atoms with Gasteiger partial charge < -0.3 is 14.8 Å². The maximum absolute atomic E-state index is 13.1. The Balaban J connectivity index is 1.68. The third-order valence-electron chi connectivity index (χ3n) is 4.19. The lowest BCUT2D eigenvalue weighted by molar-refractivity contribution is -0.135. The Morgan fingerprint density at radius 3 is 2.80 bits per heavy atom. The minimum atomic E-state index is -0.227. The van der Waals surface area contributed by atoms with Crippen LogP contribution in [-0.4, -0.2) is 31.5 Å². The van der Waals surface area contributed by atoms with E-state index in [2.05, 4.69) is 21.2 Å². The predicted molar refractivity (Wildman–Crippen MR) is 79.5 cm³/mol. The summed E-state index contributed by atoms with van der Waals surface area (Å²) in [4.78, 5) is 0. The van der Waals surface area contributed by atoms with Crippen molar-refractivity contribution in [3.05, 3.63) is 28.5 Å². The number of hydrogen-bond acceptors (Lipinski definition) is 3. The van der Waals surface area contributed by atoms with E-state index in [1.807, 2.05) is 0 Å². The van der Waals surface area contributed by atoms with Gasteiger partial charge in [0.25, 0.3) is 0 Å². The van der Waals surface area contributed by atoms with E-state index in [4.69, 9.17) is 9.47 Å². The minimum absolute atomic E-state index is 0.0271. The third kappa shape index (κ3) is 3.15. The maximum Gasteiger partial charge on any atom is 0.124 e. The van der Waals surface area contributed by atoms with Crippen molar-refractivity contribution in [3.8, 4) is 0 Å². The summed E-state index contributed by atoms with van der Waals surface area (Å²) in [6.07, 6.45) is 3.90. The molecule has 1 N–H and O–H groups in total. The van der Waals surface area contributed by atoms with Crippen LogP contribution < -0.4 is 5.32 Å². The predicted octanol–water partition coefficient (Wildman–Crippen LogP) is 3.73. The Bertz CT molecular complexity index is 471. The zero-order valence-electron chi connectivity index (χ0n) is 11.3. The topological polar surface area (TPSA) is 30.5 Å². The maximum atomic E-state index is 13.1. The van der Waals surface area contributed by atoms with Gasteiger partial charge in [-0.05, 0) is 59.8 Å². The highest BCUT2D eigenvalue weighted by atomic mass is 79.9. The van der Waals surface area contributed by atoms with Crippen LogP contribution in [0, 0.1) is 5.82 Å². The molecule has 2 aliphatic rings. The summed E-state index contributed by atoms with van der Waals surface area (Å²) in [5, 5.41) is 3.51. The van der Waals surface area contributed by atoms with E-state index in [-0.39, 0.29) is 11.4 Å². The van der Waals surface area contributed by atoms with Crippen LogP contribution in [0.3, 0.4) is 0 Å².